The van der Waals surface area contributed by atoms with Crippen molar-refractivity contribution < 1.29 is 18.9 Å². The van der Waals surface area contributed by atoms with Gasteiger partial charge >= 0.3 is 0 Å². The molecular formula is C36H44O4. The van der Waals surface area contributed by atoms with Crippen LogP contribution in [0.1, 0.15) is 88.2 Å². The second-order valence-corrected chi connectivity index (χ2v) is 15.9. The molecule has 12 rings (SSSR count). The summed E-state index contributed by atoms with van der Waals surface area (Å²) in [4.78, 5) is 0. The minimum absolute atomic E-state index is 0.244. The van der Waals surface area contributed by atoms with E-state index >= 15 is 0 Å². The number of hydrogen-bond acceptors (Lipinski definition) is 4. The first-order valence-electron chi connectivity index (χ1n) is 16.7. The lowest BCUT2D eigenvalue weighted by Gasteiger charge is -2.61. The third-order valence-electron chi connectivity index (χ3n) is 12.9. The van der Waals surface area contributed by atoms with Crippen molar-refractivity contribution in [1.29, 1.82) is 0 Å². The average molecular weight is 541 g/mol. The minimum atomic E-state index is 0.244. The van der Waals surface area contributed by atoms with Crippen LogP contribution in [-0.4, -0.2) is 38.6 Å². The van der Waals surface area contributed by atoms with Gasteiger partial charge in [-0.05, 0) is 146 Å². The molecule has 0 spiro atoms. The highest BCUT2D eigenvalue weighted by Gasteiger charge is 2.57. The zero-order valence-electron chi connectivity index (χ0n) is 23.9. The molecule has 2 aromatic carbocycles. The lowest BCUT2D eigenvalue weighted by molar-refractivity contribution is -0.0169. The van der Waals surface area contributed by atoms with Crippen LogP contribution < -0.4 is 9.47 Å². The average Bonchev–Trinajstić information content (AvgIpc) is 3.84. The second-order valence-electron chi connectivity index (χ2n) is 15.9. The lowest BCUT2D eigenvalue weighted by Crippen LogP contribution is -2.52. The fraction of sp³-hybridized carbons (Fsp3) is 0.722. The zero-order chi connectivity index (χ0) is 26.1. The summed E-state index contributed by atoms with van der Waals surface area (Å²) < 4.78 is 24.1. The van der Waals surface area contributed by atoms with E-state index in [1.165, 1.54) is 87.8 Å². The molecule has 0 amide bonds. The molecule has 8 bridgehead atoms. The fourth-order valence-electron chi connectivity index (χ4n) is 12.1. The fourth-order valence-corrected chi connectivity index (χ4v) is 12.1. The molecular weight excluding hydrogens is 496 g/mol. The van der Waals surface area contributed by atoms with Gasteiger partial charge in [0, 0.05) is 11.5 Å². The third kappa shape index (κ3) is 3.77. The van der Waals surface area contributed by atoms with E-state index in [0.29, 0.717) is 24.0 Å². The number of hydrogen-bond donors (Lipinski definition) is 0. The Kier molecular flexibility index (Phi) is 4.99. The van der Waals surface area contributed by atoms with Gasteiger partial charge in [-0.1, -0.05) is 12.1 Å². The number of epoxide rings is 2. The molecule has 4 nitrogen and oxygen atoms in total. The summed E-state index contributed by atoms with van der Waals surface area (Å²) in [5, 5.41) is 2.76. The van der Waals surface area contributed by atoms with E-state index in [2.05, 4.69) is 24.3 Å². The van der Waals surface area contributed by atoms with Gasteiger partial charge < -0.3 is 18.9 Å². The molecule has 40 heavy (non-hydrogen) atoms. The van der Waals surface area contributed by atoms with Crippen molar-refractivity contribution in [2.75, 3.05) is 26.4 Å². The van der Waals surface area contributed by atoms with Crippen LogP contribution in [0.15, 0.2) is 24.3 Å². The summed E-state index contributed by atoms with van der Waals surface area (Å²) in [7, 11) is 0. The Morgan fingerprint density at radius 3 is 1.65 bits per heavy atom. The van der Waals surface area contributed by atoms with Crippen LogP contribution in [0.5, 0.6) is 11.5 Å². The van der Waals surface area contributed by atoms with E-state index in [1.54, 1.807) is 11.1 Å². The highest BCUT2D eigenvalue weighted by molar-refractivity contribution is 5.95. The molecule has 0 radical (unpaired) electrons. The molecule has 2 atom stereocenters. The number of ether oxygens (including phenoxy) is 4. The summed E-state index contributed by atoms with van der Waals surface area (Å²) in [6.45, 7) is 2.92. The maximum Gasteiger partial charge on any atom is 0.131 e. The molecule has 0 N–H and O–H groups in total. The Morgan fingerprint density at radius 1 is 0.625 bits per heavy atom. The predicted octanol–water partition coefficient (Wildman–Crippen LogP) is 7.33. The van der Waals surface area contributed by atoms with Crippen molar-refractivity contribution in [2.45, 2.75) is 100 Å². The first-order chi connectivity index (χ1) is 19.6. The monoisotopic (exact) mass is 540 g/mol. The molecule has 10 fully saturated rings. The van der Waals surface area contributed by atoms with Crippen LogP contribution in [0, 0.1) is 35.5 Å². The molecule has 4 heteroatoms. The summed E-state index contributed by atoms with van der Waals surface area (Å²) in [5.41, 5.74) is 4.21. The standard InChI is InChI=1S/C36H44O4/c1-2-31(35-11-21-3-22(12-35)5-23(4-21)13-35)34(36-14-24-6-25(15-36)8-26(7-24)16-36)33-27(1)9-28(37-17-29-18-38-29)10-32(33)40-20-30-19-39-30/h1-2,9-10,21-26,29-30H,3-8,11-20H2. The lowest BCUT2D eigenvalue weighted by atomic mass is 9.44. The van der Waals surface area contributed by atoms with Gasteiger partial charge in [-0.2, -0.15) is 0 Å². The molecule has 2 aliphatic heterocycles. The van der Waals surface area contributed by atoms with E-state index in [9.17, 15) is 0 Å². The Bertz CT molecular complexity index is 1280. The van der Waals surface area contributed by atoms with Gasteiger partial charge in [0.15, 0.2) is 0 Å². The van der Waals surface area contributed by atoms with Crippen molar-refractivity contribution in [3.63, 3.8) is 0 Å². The van der Waals surface area contributed by atoms with Crippen molar-refractivity contribution in [1.82, 2.24) is 0 Å². The summed E-state index contributed by atoms with van der Waals surface area (Å²) in [6.07, 6.45) is 18.0. The van der Waals surface area contributed by atoms with Gasteiger partial charge in [0.2, 0.25) is 0 Å². The largest absolute Gasteiger partial charge is 0.491 e. The van der Waals surface area contributed by atoms with Crippen LogP contribution >= 0.6 is 0 Å². The van der Waals surface area contributed by atoms with E-state index in [1.807, 2.05) is 0 Å². The quantitative estimate of drug-likeness (QED) is 0.329. The van der Waals surface area contributed by atoms with E-state index in [4.69, 9.17) is 18.9 Å². The molecule has 212 valence electrons. The smallest absolute Gasteiger partial charge is 0.131 e. The maximum atomic E-state index is 6.75. The van der Waals surface area contributed by atoms with Crippen molar-refractivity contribution in [3.05, 3.63) is 35.4 Å². The number of benzene rings is 2. The van der Waals surface area contributed by atoms with Gasteiger partial charge in [-0.25, -0.2) is 0 Å². The topological polar surface area (TPSA) is 43.5 Å². The minimum Gasteiger partial charge on any atom is -0.491 e. The number of fused-ring (bicyclic) bond motifs is 1. The Hall–Kier alpha value is -1.78. The third-order valence-corrected chi connectivity index (χ3v) is 12.9. The molecule has 8 aliphatic carbocycles. The molecule has 2 heterocycles. The van der Waals surface area contributed by atoms with Crippen LogP contribution in [0.4, 0.5) is 0 Å². The molecule has 0 aromatic heterocycles. The van der Waals surface area contributed by atoms with E-state index < -0.39 is 0 Å². The molecule has 2 aromatic rings. The van der Waals surface area contributed by atoms with Crippen LogP contribution in [0.25, 0.3) is 10.8 Å². The van der Waals surface area contributed by atoms with Crippen LogP contribution in [0.2, 0.25) is 0 Å². The van der Waals surface area contributed by atoms with E-state index in [0.717, 1.165) is 60.2 Å². The van der Waals surface area contributed by atoms with Crippen LogP contribution in [-0.2, 0) is 20.3 Å². The highest BCUT2D eigenvalue weighted by Crippen LogP contribution is 2.67. The van der Waals surface area contributed by atoms with Gasteiger partial charge in [0.05, 0.1) is 13.2 Å². The Balaban J connectivity index is 1.18. The molecule has 10 aliphatic rings. The van der Waals surface area contributed by atoms with Crippen molar-refractivity contribution in [3.8, 4) is 11.5 Å². The summed E-state index contributed by atoms with van der Waals surface area (Å²) >= 11 is 0. The molecule has 2 saturated heterocycles. The van der Waals surface area contributed by atoms with Gasteiger partial charge in [0.25, 0.3) is 0 Å². The Labute approximate surface area is 238 Å². The highest BCUT2D eigenvalue weighted by atomic mass is 16.6. The van der Waals surface area contributed by atoms with Gasteiger partial charge in [-0.15, -0.1) is 0 Å². The first kappa shape index (κ1) is 23.7. The van der Waals surface area contributed by atoms with Crippen LogP contribution in [0.3, 0.4) is 0 Å². The molecule has 2 unspecified atom stereocenters. The van der Waals surface area contributed by atoms with E-state index in [-0.39, 0.29) is 12.2 Å². The maximum absolute atomic E-state index is 6.75. The molecule has 8 saturated carbocycles. The SMILES string of the molecule is c1cc2cc(OCC3CO3)cc(OCC3CO3)c2c(C23CC4CC(CC(C4)C2)C3)c1C12CC3CC(CC(C3)C1)C2. The van der Waals surface area contributed by atoms with Gasteiger partial charge in [-0.3, -0.25) is 0 Å². The van der Waals surface area contributed by atoms with Gasteiger partial charge in [0.1, 0.15) is 36.9 Å². The van der Waals surface area contributed by atoms with Crippen molar-refractivity contribution in [2.24, 2.45) is 35.5 Å². The number of rotatable bonds is 8. The first-order valence-corrected chi connectivity index (χ1v) is 16.7. The van der Waals surface area contributed by atoms with Crippen molar-refractivity contribution >= 4 is 10.8 Å². The second kappa shape index (κ2) is 8.40. The summed E-state index contributed by atoms with van der Waals surface area (Å²) in [5.74, 6) is 7.62. The predicted molar refractivity (Wildman–Crippen MR) is 154 cm³/mol. The zero-order valence-corrected chi connectivity index (χ0v) is 23.9. The normalized spacial score (nSPS) is 45.3. The Morgan fingerprint density at radius 2 is 1.12 bits per heavy atom. The summed E-state index contributed by atoms with van der Waals surface area (Å²) in [6, 6.07) is 9.62.